The Kier molecular flexibility index (Phi) is 5.38. The van der Waals surface area contributed by atoms with Crippen LogP contribution >= 0.6 is 0 Å². The van der Waals surface area contributed by atoms with E-state index in [1.165, 1.54) is 18.3 Å². The molecule has 1 atom stereocenters. The van der Waals surface area contributed by atoms with Crippen molar-refractivity contribution in [3.05, 3.63) is 88.2 Å². The smallest absolute Gasteiger partial charge is 0.273 e. The van der Waals surface area contributed by atoms with Gasteiger partial charge in [-0.1, -0.05) is 30.3 Å². The minimum atomic E-state index is -1.32. The zero-order valence-corrected chi connectivity index (χ0v) is 14.0. The van der Waals surface area contributed by atoms with E-state index in [1.807, 2.05) is 0 Å². The zero-order valence-electron chi connectivity index (χ0n) is 14.0. The average Bonchev–Trinajstić information content (AvgIpc) is 3.17. The number of carbonyl (C=O) groups is 1. The van der Waals surface area contributed by atoms with Gasteiger partial charge in [0.15, 0.2) is 6.10 Å². The van der Waals surface area contributed by atoms with Gasteiger partial charge in [0.25, 0.3) is 11.6 Å². The van der Waals surface area contributed by atoms with E-state index < -0.39 is 16.9 Å². The third-order valence-corrected chi connectivity index (χ3v) is 3.72. The molecule has 1 unspecified atom stereocenters. The minimum absolute atomic E-state index is 0.00761. The molecule has 27 heavy (non-hydrogen) atoms. The number of amides is 1. The first kappa shape index (κ1) is 18.0. The molecule has 0 fully saturated rings. The summed E-state index contributed by atoms with van der Waals surface area (Å²) in [6.45, 7) is 0. The van der Waals surface area contributed by atoms with E-state index in [9.17, 15) is 20.0 Å². The van der Waals surface area contributed by atoms with Crippen LogP contribution in [-0.2, 0) is 4.79 Å². The fourth-order valence-corrected chi connectivity index (χ4v) is 2.33. The van der Waals surface area contributed by atoms with E-state index >= 15 is 0 Å². The van der Waals surface area contributed by atoms with Gasteiger partial charge in [-0.15, -0.1) is 0 Å². The quantitative estimate of drug-likeness (QED) is 0.395. The predicted octanol–water partition coefficient (Wildman–Crippen LogP) is 3.04. The Morgan fingerprint density at radius 2 is 1.81 bits per heavy atom. The number of nitrogens with zero attached hydrogens (tertiary/aromatic N) is 2. The molecule has 3 aromatic rings. The molecule has 0 aliphatic rings. The second-order valence-electron chi connectivity index (χ2n) is 5.55. The van der Waals surface area contributed by atoms with Crippen LogP contribution in [0.15, 0.2) is 76.2 Å². The number of benzene rings is 2. The molecular formula is C19H15N3O5. The highest BCUT2D eigenvalue weighted by atomic mass is 16.6. The SMILES string of the molecule is O=C(N/N=C/c1ccc(-c2ccc([N+](=O)[O-])cc2)o1)C(O)c1ccccc1. The molecule has 0 spiro atoms. The van der Waals surface area contributed by atoms with Gasteiger partial charge >= 0.3 is 0 Å². The molecule has 1 heterocycles. The number of carbonyl (C=O) groups excluding carboxylic acids is 1. The zero-order chi connectivity index (χ0) is 19.2. The van der Waals surface area contributed by atoms with E-state index in [2.05, 4.69) is 10.5 Å². The number of hydrazone groups is 1. The Hall–Kier alpha value is -3.78. The molecule has 0 saturated carbocycles. The number of nitro benzene ring substituents is 1. The predicted molar refractivity (Wildman–Crippen MR) is 97.9 cm³/mol. The van der Waals surface area contributed by atoms with Crippen LogP contribution in [0.5, 0.6) is 0 Å². The van der Waals surface area contributed by atoms with Gasteiger partial charge in [0.1, 0.15) is 11.5 Å². The van der Waals surface area contributed by atoms with Gasteiger partial charge in [-0.05, 0) is 29.8 Å². The van der Waals surface area contributed by atoms with Crippen LogP contribution in [0, 0.1) is 10.1 Å². The van der Waals surface area contributed by atoms with Crippen LogP contribution < -0.4 is 5.43 Å². The summed E-state index contributed by atoms with van der Waals surface area (Å²) in [5.41, 5.74) is 3.37. The molecule has 2 N–H and O–H groups in total. The maximum Gasteiger partial charge on any atom is 0.273 e. The lowest BCUT2D eigenvalue weighted by Gasteiger charge is -2.08. The molecule has 0 aliphatic heterocycles. The van der Waals surface area contributed by atoms with Crippen LogP contribution in [0.2, 0.25) is 0 Å². The normalized spacial score (nSPS) is 12.0. The molecule has 2 aromatic carbocycles. The first-order valence-corrected chi connectivity index (χ1v) is 7.95. The van der Waals surface area contributed by atoms with E-state index in [0.29, 0.717) is 22.6 Å². The molecule has 8 nitrogen and oxygen atoms in total. The van der Waals surface area contributed by atoms with Gasteiger partial charge < -0.3 is 9.52 Å². The first-order chi connectivity index (χ1) is 13.0. The Morgan fingerprint density at radius 1 is 1.11 bits per heavy atom. The summed E-state index contributed by atoms with van der Waals surface area (Å²) in [5, 5.41) is 24.4. The summed E-state index contributed by atoms with van der Waals surface area (Å²) in [6, 6.07) is 17.7. The summed E-state index contributed by atoms with van der Waals surface area (Å²) in [6.07, 6.45) is -0.0274. The van der Waals surface area contributed by atoms with Crippen molar-refractivity contribution in [2.45, 2.75) is 6.10 Å². The monoisotopic (exact) mass is 365 g/mol. The van der Waals surface area contributed by atoms with E-state index in [-0.39, 0.29) is 5.69 Å². The maximum atomic E-state index is 11.9. The second-order valence-corrected chi connectivity index (χ2v) is 5.55. The van der Waals surface area contributed by atoms with Crippen molar-refractivity contribution < 1.29 is 19.2 Å². The lowest BCUT2D eigenvalue weighted by molar-refractivity contribution is -0.384. The van der Waals surface area contributed by atoms with Crippen LogP contribution in [-0.4, -0.2) is 22.2 Å². The van der Waals surface area contributed by atoms with Crippen molar-refractivity contribution >= 4 is 17.8 Å². The first-order valence-electron chi connectivity index (χ1n) is 7.95. The molecule has 3 rings (SSSR count). The molecule has 1 aromatic heterocycles. The van der Waals surface area contributed by atoms with Crippen molar-refractivity contribution in [1.82, 2.24) is 5.43 Å². The molecule has 0 bridgehead atoms. The standard InChI is InChI=1S/C19H15N3O5/c23-18(14-4-2-1-3-5-14)19(24)21-20-12-16-10-11-17(27-16)13-6-8-15(9-7-13)22(25)26/h1-12,18,23H,(H,21,24)/b20-12+. The third-order valence-electron chi connectivity index (χ3n) is 3.72. The number of aliphatic hydroxyl groups is 1. The Bertz CT molecular complexity index is 965. The fraction of sp³-hybridized carbons (Fsp3) is 0.0526. The van der Waals surface area contributed by atoms with Gasteiger partial charge in [-0.2, -0.15) is 5.10 Å². The number of nitrogens with one attached hydrogen (secondary N) is 1. The average molecular weight is 365 g/mol. The number of hydrogen-bond donors (Lipinski definition) is 2. The number of nitro groups is 1. The fourth-order valence-electron chi connectivity index (χ4n) is 2.33. The molecule has 0 radical (unpaired) electrons. The molecule has 136 valence electrons. The molecule has 1 amide bonds. The van der Waals surface area contributed by atoms with Gasteiger partial charge in [-0.3, -0.25) is 14.9 Å². The highest BCUT2D eigenvalue weighted by Crippen LogP contribution is 2.24. The number of furan rings is 1. The summed E-state index contributed by atoms with van der Waals surface area (Å²) >= 11 is 0. The summed E-state index contributed by atoms with van der Waals surface area (Å²) in [7, 11) is 0. The molecule has 0 saturated heterocycles. The largest absolute Gasteiger partial charge is 0.455 e. The Morgan fingerprint density at radius 3 is 2.48 bits per heavy atom. The van der Waals surface area contributed by atoms with Gasteiger partial charge in [0.05, 0.1) is 11.1 Å². The Balaban J connectivity index is 1.62. The highest BCUT2D eigenvalue weighted by Gasteiger charge is 2.16. The second kappa shape index (κ2) is 8.07. The minimum Gasteiger partial charge on any atom is -0.455 e. The van der Waals surface area contributed by atoms with Gasteiger partial charge in [0.2, 0.25) is 0 Å². The van der Waals surface area contributed by atoms with E-state index in [1.54, 1.807) is 54.6 Å². The summed E-state index contributed by atoms with van der Waals surface area (Å²) in [4.78, 5) is 22.1. The van der Waals surface area contributed by atoms with Crippen LogP contribution in [0.3, 0.4) is 0 Å². The van der Waals surface area contributed by atoms with Gasteiger partial charge in [0, 0.05) is 17.7 Å². The molecular weight excluding hydrogens is 350 g/mol. The van der Waals surface area contributed by atoms with Gasteiger partial charge in [-0.25, -0.2) is 5.43 Å². The summed E-state index contributed by atoms with van der Waals surface area (Å²) in [5.74, 6) is 0.208. The van der Waals surface area contributed by atoms with Crippen molar-refractivity contribution in [1.29, 1.82) is 0 Å². The lowest BCUT2D eigenvalue weighted by atomic mass is 10.1. The lowest BCUT2D eigenvalue weighted by Crippen LogP contribution is -2.25. The molecule has 0 aliphatic carbocycles. The van der Waals surface area contributed by atoms with Crippen LogP contribution in [0.4, 0.5) is 5.69 Å². The maximum absolute atomic E-state index is 11.9. The highest BCUT2D eigenvalue weighted by molar-refractivity contribution is 5.84. The number of rotatable bonds is 6. The number of non-ortho nitro benzene ring substituents is 1. The van der Waals surface area contributed by atoms with Crippen molar-refractivity contribution in [3.63, 3.8) is 0 Å². The van der Waals surface area contributed by atoms with Crippen molar-refractivity contribution in [2.75, 3.05) is 0 Å². The number of hydrogen-bond acceptors (Lipinski definition) is 6. The number of aliphatic hydroxyl groups excluding tert-OH is 1. The van der Waals surface area contributed by atoms with Crippen molar-refractivity contribution in [2.24, 2.45) is 5.10 Å². The molecule has 8 heteroatoms. The van der Waals surface area contributed by atoms with E-state index in [0.717, 1.165) is 0 Å². The summed E-state index contributed by atoms with van der Waals surface area (Å²) < 4.78 is 5.56. The third kappa shape index (κ3) is 4.44. The Labute approximate surface area is 153 Å². The van der Waals surface area contributed by atoms with E-state index in [4.69, 9.17) is 4.42 Å². The van der Waals surface area contributed by atoms with Crippen molar-refractivity contribution in [3.8, 4) is 11.3 Å². The van der Waals surface area contributed by atoms with Crippen LogP contribution in [0.1, 0.15) is 17.4 Å². The van der Waals surface area contributed by atoms with Crippen LogP contribution in [0.25, 0.3) is 11.3 Å². The topological polar surface area (TPSA) is 118 Å².